The highest BCUT2D eigenvalue weighted by Gasteiger charge is 2.38. The number of aryl methyl sites for hydroxylation is 8. The molecule has 0 aliphatic heterocycles. The number of aliphatic hydroxyl groups is 3. The van der Waals surface area contributed by atoms with Gasteiger partial charge < -0.3 is 65.1 Å². The zero-order chi connectivity index (χ0) is 102. The fourth-order valence-corrected chi connectivity index (χ4v) is 17.5. The number of likely N-dealkylation sites (N-methyl/N-ethyl adjacent to an activating group) is 1. The van der Waals surface area contributed by atoms with Crippen molar-refractivity contribution in [3.8, 4) is 23.0 Å². The number of nitrogens with zero attached hydrogens (tertiary/aromatic N) is 1. The minimum atomic E-state index is -3.13. The van der Waals surface area contributed by atoms with E-state index >= 15 is 0 Å². The molecule has 0 spiro atoms. The Morgan fingerprint density at radius 1 is 0.356 bits per heavy atom. The molecule has 8 aromatic carbocycles. The van der Waals surface area contributed by atoms with Crippen molar-refractivity contribution in [3.05, 3.63) is 257 Å². The lowest BCUT2D eigenvalue weighted by Gasteiger charge is -2.34. The van der Waals surface area contributed by atoms with Gasteiger partial charge >= 0.3 is 17.9 Å². The van der Waals surface area contributed by atoms with E-state index in [2.05, 4.69) is 121 Å². The van der Waals surface area contributed by atoms with Gasteiger partial charge in [-0.25, -0.2) is 13.2 Å². The van der Waals surface area contributed by atoms with Gasteiger partial charge in [0.15, 0.2) is 5.78 Å². The van der Waals surface area contributed by atoms with E-state index in [0.717, 1.165) is 147 Å². The number of hydrogen-bond acceptors (Lipinski definition) is 16. The molecule has 0 heterocycles. The molecule has 22 nitrogen and oxygen atoms in total. The van der Waals surface area contributed by atoms with Gasteiger partial charge in [0.25, 0.3) is 17.7 Å². The number of carboxylic acid groups (broad SMARTS) is 3. The number of ketones is 1. The third-order valence-corrected chi connectivity index (χ3v) is 28.0. The summed E-state index contributed by atoms with van der Waals surface area (Å²) in [7, 11) is -1.63. The molecule has 8 rings (SSSR count). The Morgan fingerprint density at radius 3 is 0.837 bits per heavy atom. The molecule has 0 bridgehead atoms. The van der Waals surface area contributed by atoms with Crippen LogP contribution in [0.4, 0.5) is 0 Å². The molecule has 0 aromatic heterocycles. The monoisotopic (exact) mass is 1880 g/mol. The number of Topliss-reactive ketones (excluding diaryl/α,β-unsaturated/α-hetero) is 1. The predicted molar refractivity (Wildman–Crippen MR) is 541 cm³/mol. The number of carbonyl (C=O) groups excluding carboxylic acids is 4. The highest BCUT2D eigenvalue weighted by atomic mass is 32.2. The SMILES string of the molecule is CCC(CC)(c1ccc(OCC(=O)C(C)(C)C)c(C)c1)c1ccc(C(=O)O)c(C)c1.CCC(CC)(c1ccc(OCC(O)C(C)(C)C)c(C)c1)c1ccc(C(=O)N(C)CC(=O)O)c(C)c1.CCC(CC)(c1ccc(OCC(O)C(C)(C)C)c(C)c1)c1ccc(C(=O)NCC(=O)O)c(C)c1.CCC(CC)(c1ccc(OCC(O)C(C)(C)C)c(C)c1)c1ccc(C(=O)NCCS(C)(=O)=O)c(C)c1. The zero-order valence-corrected chi connectivity index (χ0v) is 87.1. The molecule has 3 unspecified atom stereocenters. The molecule has 8 N–H and O–H groups in total. The molecule has 0 saturated carbocycles. The summed E-state index contributed by atoms with van der Waals surface area (Å²) >= 11 is 0. The van der Waals surface area contributed by atoms with Gasteiger partial charge in [-0.1, -0.05) is 236 Å². The summed E-state index contributed by atoms with van der Waals surface area (Å²) in [5, 5.41) is 63.3. The minimum Gasteiger partial charge on any atom is -0.491 e. The second-order valence-corrected chi connectivity index (χ2v) is 42.8. The summed E-state index contributed by atoms with van der Waals surface area (Å²) < 4.78 is 46.3. The van der Waals surface area contributed by atoms with Gasteiger partial charge in [-0.2, -0.15) is 0 Å². The zero-order valence-electron chi connectivity index (χ0n) is 86.2. The van der Waals surface area contributed by atoms with Gasteiger partial charge in [-0.3, -0.25) is 28.8 Å². The lowest BCUT2D eigenvalue weighted by Crippen LogP contribution is -2.32. The fraction of sp³-hybridized carbons (Fsp3) is 0.509. The molecule has 0 radical (unpaired) electrons. The standard InChI is InChI=1S/C29H43NO5S.C29H41NO5.C28H39NO5.C26H34O4/c1-9-29(10-2,23-12-14-25(21(4)18-23)35-19-26(31)28(5,6)7)22-11-13-24(20(3)17-22)27(32)30-15-16-36(8,33)34;1-9-29(10-2,21-11-13-23(19(3)15-21)27(34)30(8)17-26(32)33)22-12-14-24(20(4)16-22)35-18-25(31)28(5,6)7;1-8-28(9-2,20-10-12-22(18(3)14-20)26(33)29-16-25(31)32)21-11-13-23(19(4)15-21)34-17-24(30)27(5,6)7;1-8-26(9-2,19-10-12-21(24(28)29)17(3)14-19)20-11-13-22(18(4)15-20)30-16-23(27)25(5,6)7/h11-14,17-18,26,31H,9-10,15-16,19H2,1-8H3,(H,30,32);11-16,25,31H,9-10,17-18H2,1-8H3,(H,32,33);10-15,24,30H,8-9,16-17H2,1-7H3,(H,29,33)(H,31,32);10-15H,8-9,16H2,1-7H3,(H,28,29). The number of hydrogen-bond donors (Lipinski definition) is 8. The van der Waals surface area contributed by atoms with Crippen LogP contribution in [-0.2, 0) is 45.9 Å². The number of amides is 3. The highest BCUT2D eigenvalue weighted by molar-refractivity contribution is 7.90. The summed E-state index contributed by atoms with van der Waals surface area (Å²) in [6.45, 7) is 56.5. The van der Waals surface area contributed by atoms with Gasteiger partial charge in [0.2, 0.25) is 0 Å². The molecule has 0 aliphatic carbocycles. The second kappa shape index (κ2) is 48.8. The lowest BCUT2D eigenvalue weighted by molar-refractivity contribution is -0.137. The number of nitrogens with one attached hydrogen (secondary N) is 2. The van der Waals surface area contributed by atoms with E-state index in [1.165, 1.54) is 34.2 Å². The van der Waals surface area contributed by atoms with Crippen LogP contribution in [0.25, 0.3) is 0 Å². The number of aliphatic hydroxyl groups excluding tert-OH is 3. The van der Waals surface area contributed by atoms with E-state index in [4.69, 9.17) is 29.2 Å². The van der Waals surface area contributed by atoms with Gasteiger partial charge in [-0.05, 0) is 261 Å². The smallest absolute Gasteiger partial charge is 0.335 e. The van der Waals surface area contributed by atoms with E-state index < -0.39 is 58.0 Å². The van der Waals surface area contributed by atoms with Crippen LogP contribution in [0, 0.1) is 77.0 Å². The first-order valence-corrected chi connectivity index (χ1v) is 49.4. The first kappa shape index (κ1) is 115. The van der Waals surface area contributed by atoms with E-state index in [1.54, 1.807) is 12.1 Å². The second-order valence-electron chi connectivity index (χ2n) is 40.6. The van der Waals surface area contributed by atoms with Crippen LogP contribution < -0.4 is 29.6 Å². The predicted octanol–water partition coefficient (Wildman–Crippen LogP) is 21.4. The minimum absolute atomic E-state index is 0.0617. The van der Waals surface area contributed by atoms with E-state index in [-0.39, 0.29) is 107 Å². The topological polar surface area (TPSA) is 339 Å². The maximum Gasteiger partial charge on any atom is 0.335 e. The largest absolute Gasteiger partial charge is 0.491 e. The number of aromatic carboxylic acids is 1. The van der Waals surface area contributed by atoms with Crippen molar-refractivity contribution < 1.29 is 91.6 Å². The van der Waals surface area contributed by atoms with Crippen LogP contribution in [0.1, 0.15) is 320 Å². The van der Waals surface area contributed by atoms with Crippen LogP contribution in [-0.4, -0.2) is 169 Å². The lowest BCUT2D eigenvalue weighted by atomic mass is 9.70. The van der Waals surface area contributed by atoms with Gasteiger partial charge in [0.05, 0.1) is 29.6 Å². The van der Waals surface area contributed by atoms with Gasteiger partial charge in [0.1, 0.15) is 72.4 Å². The van der Waals surface area contributed by atoms with Crippen molar-refractivity contribution in [1.29, 1.82) is 0 Å². The van der Waals surface area contributed by atoms with Gasteiger partial charge in [0, 0.05) is 63.6 Å². The quantitative estimate of drug-likeness (QED) is 0.0177. The summed E-state index contributed by atoms with van der Waals surface area (Å²) in [4.78, 5) is 84.4. The molecule has 0 saturated heterocycles. The average Bonchev–Trinajstić information content (AvgIpc) is 0.780. The Morgan fingerprint density at radius 2 is 0.607 bits per heavy atom. The van der Waals surface area contributed by atoms with Crippen molar-refractivity contribution in [2.24, 2.45) is 21.7 Å². The van der Waals surface area contributed by atoms with Crippen molar-refractivity contribution in [3.63, 3.8) is 0 Å². The Balaban J connectivity index is 0.000000319. The Bertz CT molecular complexity index is 5510. The third-order valence-electron chi connectivity index (χ3n) is 27.1. The first-order valence-electron chi connectivity index (χ1n) is 47.4. The number of carbonyl (C=O) groups is 7. The molecule has 740 valence electrons. The number of benzene rings is 8. The number of rotatable bonds is 39. The summed E-state index contributed by atoms with van der Waals surface area (Å²) in [5.41, 5.74) is 16.2. The van der Waals surface area contributed by atoms with Crippen molar-refractivity contribution in [2.75, 3.05) is 65.1 Å². The molecule has 0 aliphatic rings. The third kappa shape index (κ3) is 30.1. The Labute approximate surface area is 805 Å². The van der Waals surface area contributed by atoms with Gasteiger partial charge in [-0.15, -0.1) is 0 Å². The van der Waals surface area contributed by atoms with E-state index in [9.17, 15) is 62.4 Å². The Hall–Kier alpha value is -10.7. The molecule has 3 atom stereocenters. The maximum absolute atomic E-state index is 12.8. The van der Waals surface area contributed by atoms with Crippen LogP contribution in [0.2, 0.25) is 0 Å². The molecule has 3 amide bonds. The molecular formula is C112H157N3O19S. The van der Waals surface area contributed by atoms with Crippen molar-refractivity contribution in [2.45, 2.75) is 285 Å². The summed E-state index contributed by atoms with van der Waals surface area (Å²) in [6, 6.07) is 48.0. The molecule has 135 heavy (non-hydrogen) atoms. The fourth-order valence-electron chi connectivity index (χ4n) is 17.0. The van der Waals surface area contributed by atoms with Crippen molar-refractivity contribution >= 4 is 51.2 Å². The van der Waals surface area contributed by atoms with E-state index in [1.807, 2.05) is 217 Å². The molecule has 8 aromatic rings. The number of ether oxygens (including phenoxy) is 4. The van der Waals surface area contributed by atoms with Crippen molar-refractivity contribution in [1.82, 2.24) is 15.5 Å². The first-order chi connectivity index (χ1) is 62.7. The summed E-state index contributed by atoms with van der Waals surface area (Å²) in [6.07, 6.45) is 6.49. The number of aliphatic carboxylic acids is 2. The van der Waals surface area contributed by atoms with Crippen LogP contribution in [0.5, 0.6) is 23.0 Å². The normalized spacial score (nSPS) is 12.8. The van der Waals surface area contributed by atoms with E-state index in [0.29, 0.717) is 22.3 Å². The molecular weight excluding hydrogens is 1720 g/mol. The highest BCUT2D eigenvalue weighted by Crippen LogP contribution is 2.47. The van der Waals surface area contributed by atoms with Crippen LogP contribution in [0.3, 0.4) is 0 Å². The average molecular weight is 1880 g/mol. The maximum atomic E-state index is 12.8. The summed E-state index contributed by atoms with van der Waals surface area (Å²) in [5.74, 6) is -0.992. The molecule has 0 fully saturated rings. The number of sulfone groups is 1. The molecule has 23 heteroatoms. The van der Waals surface area contributed by atoms with Crippen LogP contribution >= 0.6 is 0 Å². The Kier molecular flexibility index (Phi) is 41.5. The van der Waals surface area contributed by atoms with Crippen LogP contribution in [0.15, 0.2) is 146 Å². The number of carboxylic acids is 3.